The summed E-state index contributed by atoms with van der Waals surface area (Å²) in [7, 11) is 0. The molecule has 0 aliphatic heterocycles. The highest BCUT2D eigenvalue weighted by Crippen LogP contribution is 2.53. The molecule has 0 radical (unpaired) electrons. The van der Waals surface area contributed by atoms with E-state index in [1.807, 2.05) is 0 Å². The van der Waals surface area contributed by atoms with Gasteiger partial charge in [0.1, 0.15) is 11.2 Å². The van der Waals surface area contributed by atoms with Crippen LogP contribution in [0.4, 0.5) is 17.1 Å². The summed E-state index contributed by atoms with van der Waals surface area (Å²) in [5.41, 5.74) is 14.9. The molecule has 11 rings (SSSR count). The topological polar surface area (TPSA) is 16.4 Å². The van der Waals surface area contributed by atoms with Crippen LogP contribution in [0.2, 0.25) is 0 Å². The quantitative estimate of drug-likeness (QED) is 0.166. The zero-order valence-electron chi connectivity index (χ0n) is 30.8. The maximum absolute atomic E-state index is 7.10. The smallest absolute Gasteiger partial charge is 0.143 e. The molecule has 9 aromatic carbocycles. The van der Waals surface area contributed by atoms with Crippen LogP contribution in [0.3, 0.4) is 0 Å². The molecule has 0 fully saturated rings. The average Bonchev–Trinajstić information content (AvgIpc) is 3.75. The van der Waals surface area contributed by atoms with Crippen LogP contribution in [0.1, 0.15) is 25.0 Å². The van der Waals surface area contributed by atoms with Gasteiger partial charge in [0, 0.05) is 27.6 Å². The number of furan rings is 1. The fourth-order valence-electron chi connectivity index (χ4n) is 9.17. The lowest BCUT2D eigenvalue weighted by Gasteiger charge is -2.29. The molecule has 1 aliphatic carbocycles. The summed E-state index contributed by atoms with van der Waals surface area (Å²) in [6.07, 6.45) is 0. The van der Waals surface area contributed by atoms with Gasteiger partial charge in [0.25, 0.3) is 0 Å². The molecule has 1 aromatic heterocycles. The number of anilines is 3. The highest BCUT2D eigenvalue weighted by molar-refractivity contribution is 6.32. The molecule has 0 saturated heterocycles. The molecule has 0 saturated carbocycles. The monoisotopic (exact) mass is 703 g/mol. The van der Waals surface area contributed by atoms with Crippen molar-refractivity contribution >= 4 is 60.5 Å². The van der Waals surface area contributed by atoms with E-state index in [1.165, 1.54) is 49.5 Å². The molecule has 2 nitrogen and oxygen atoms in total. The third-order valence-corrected chi connectivity index (χ3v) is 11.8. The van der Waals surface area contributed by atoms with E-state index in [4.69, 9.17) is 4.42 Å². The zero-order valence-corrected chi connectivity index (χ0v) is 30.8. The van der Waals surface area contributed by atoms with Crippen molar-refractivity contribution in [2.45, 2.75) is 19.3 Å². The molecule has 10 aromatic rings. The largest absolute Gasteiger partial charge is 0.455 e. The lowest BCUT2D eigenvalue weighted by molar-refractivity contribution is 0.660. The number of hydrogen-bond donors (Lipinski definition) is 0. The summed E-state index contributed by atoms with van der Waals surface area (Å²) >= 11 is 0. The first-order valence-corrected chi connectivity index (χ1v) is 19.1. The lowest BCUT2D eigenvalue weighted by atomic mass is 9.82. The standard InChI is InChI=1S/C53H37NO/c1-53(2)46-24-14-13-21-42(46)43-30-29-39(33-47(43)53)54(38-27-25-36(26-28-38)34-15-5-3-6-16-34)48-31-37(35-17-7-4-8-18-35)32-49-51(48)50-44-22-11-9-19-40(44)41-20-10-12-23-45(41)52(50)55-49/h3-33H,1-2H3. The maximum atomic E-state index is 7.10. The minimum absolute atomic E-state index is 0.149. The first-order valence-electron chi connectivity index (χ1n) is 19.1. The molecule has 0 atom stereocenters. The molecule has 0 unspecified atom stereocenters. The Morgan fingerprint density at radius 2 is 0.945 bits per heavy atom. The minimum Gasteiger partial charge on any atom is -0.455 e. The molecule has 1 heterocycles. The van der Waals surface area contributed by atoms with Gasteiger partial charge in [-0.2, -0.15) is 0 Å². The number of fused-ring (bicyclic) bond motifs is 11. The van der Waals surface area contributed by atoms with Crippen LogP contribution in [-0.4, -0.2) is 0 Å². The van der Waals surface area contributed by atoms with Crippen molar-refractivity contribution in [1.29, 1.82) is 0 Å². The van der Waals surface area contributed by atoms with Gasteiger partial charge in [0.15, 0.2) is 0 Å². The third-order valence-electron chi connectivity index (χ3n) is 11.8. The van der Waals surface area contributed by atoms with E-state index in [2.05, 4.69) is 207 Å². The Morgan fingerprint density at radius 1 is 0.400 bits per heavy atom. The number of benzene rings is 9. The number of rotatable bonds is 5. The van der Waals surface area contributed by atoms with Crippen LogP contribution in [0.15, 0.2) is 192 Å². The third kappa shape index (κ3) is 4.81. The Balaban J connectivity index is 1.25. The van der Waals surface area contributed by atoms with E-state index in [9.17, 15) is 0 Å². The van der Waals surface area contributed by atoms with Gasteiger partial charge in [0.2, 0.25) is 0 Å². The van der Waals surface area contributed by atoms with Crippen molar-refractivity contribution in [2.75, 3.05) is 4.90 Å². The van der Waals surface area contributed by atoms with Crippen molar-refractivity contribution in [3.63, 3.8) is 0 Å². The predicted molar refractivity (Wildman–Crippen MR) is 232 cm³/mol. The highest BCUT2D eigenvalue weighted by Gasteiger charge is 2.36. The first-order chi connectivity index (χ1) is 27.0. The maximum Gasteiger partial charge on any atom is 0.143 e. The molecule has 2 heteroatoms. The van der Waals surface area contributed by atoms with Crippen molar-refractivity contribution in [3.05, 3.63) is 199 Å². The summed E-state index contributed by atoms with van der Waals surface area (Å²) in [6, 6.07) is 68.3. The van der Waals surface area contributed by atoms with E-state index in [-0.39, 0.29) is 5.41 Å². The van der Waals surface area contributed by atoms with E-state index < -0.39 is 0 Å². The van der Waals surface area contributed by atoms with Crippen LogP contribution in [0.25, 0.3) is 76.9 Å². The van der Waals surface area contributed by atoms with Gasteiger partial charge >= 0.3 is 0 Å². The fourth-order valence-corrected chi connectivity index (χ4v) is 9.17. The second-order valence-corrected chi connectivity index (χ2v) is 15.3. The molecule has 55 heavy (non-hydrogen) atoms. The summed E-state index contributed by atoms with van der Waals surface area (Å²) < 4.78 is 7.10. The Labute approximate surface area is 320 Å². The number of hydrogen-bond acceptors (Lipinski definition) is 2. The zero-order chi connectivity index (χ0) is 36.7. The molecule has 0 bridgehead atoms. The Bertz CT molecular complexity index is 3100. The van der Waals surface area contributed by atoms with Gasteiger partial charge in [-0.05, 0) is 97.1 Å². The molecule has 260 valence electrons. The molecular weight excluding hydrogens is 667 g/mol. The van der Waals surface area contributed by atoms with E-state index in [0.717, 1.165) is 55.5 Å². The minimum atomic E-state index is -0.149. The molecular formula is C53H37NO. The Hall–Kier alpha value is -6.90. The molecule has 0 spiro atoms. The van der Waals surface area contributed by atoms with Crippen LogP contribution < -0.4 is 4.90 Å². The summed E-state index contributed by atoms with van der Waals surface area (Å²) in [5, 5.41) is 6.97. The number of nitrogens with zero attached hydrogens (tertiary/aromatic N) is 1. The lowest BCUT2D eigenvalue weighted by Crippen LogP contribution is -2.16. The van der Waals surface area contributed by atoms with Gasteiger partial charge in [-0.3, -0.25) is 0 Å². The van der Waals surface area contributed by atoms with Gasteiger partial charge in [-0.15, -0.1) is 0 Å². The van der Waals surface area contributed by atoms with Gasteiger partial charge < -0.3 is 9.32 Å². The summed E-state index contributed by atoms with van der Waals surface area (Å²) in [4.78, 5) is 2.46. The van der Waals surface area contributed by atoms with Crippen molar-refractivity contribution in [2.24, 2.45) is 0 Å². The van der Waals surface area contributed by atoms with Crippen molar-refractivity contribution in [3.8, 4) is 33.4 Å². The Kier molecular flexibility index (Phi) is 6.93. The van der Waals surface area contributed by atoms with E-state index in [1.54, 1.807) is 0 Å². The SMILES string of the molecule is CC1(C)c2ccccc2-c2ccc(N(c3ccc(-c4ccccc4)cc3)c3cc(-c4ccccc4)cc4oc5c6ccccc6c6ccccc6c5c34)cc21. The van der Waals surface area contributed by atoms with E-state index >= 15 is 0 Å². The average molecular weight is 704 g/mol. The van der Waals surface area contributed by atoms with E-state index in [0.29, 0.717) is 0 Å². The molecule has 0 N–H and O–H groups in total. The van der Waals surface area contributed by atoms with Crippen LogP contribution in [0, 0.1) is 0 Å². The Morgan fingerprint density at radius 3 is 1.67 bits per heavy atom. The van der Waals surface area contributed by atoms with Crippen LogP contribution >= 0.6 is 0 Å². The van der Waals surface area contributed by atoms with Gasteiger partial charge in [-0.25, -0.2) is 0 Å². The second-order valence-electron chi connectivity index (χ2n) is 15.3. The van der Waals surface area contributed by atoms with Crippen LogP contribution in [0.5, 0.6) is 0 Å². The molecule has 1 aliphatic rings. The van der Waals surface area contributed by atoms with Gasteiger partial charge in [0.05, 0.1) is 11.1 Å². The van der Waals surface area contributed by atoms with Crippen molar-refractivity contribution < 1.29 is 4.42 Å². The summed E-state index contributed by atoms with van der Waals surface area (Å²) in [6.45, 7) is 4.71. The highest BCUT2D eigenvalue weighted by atomic mass is 16.3. The van der Waals surface area contributed by atoms with Gasteiger partial charge in [-0.1, -0.05) is 166 Å². The fraction of sp³-hybridized carbons (Fsp3) is 0.0566. The van der Waals surface area contributed by atoms with Crippen LogP contribution in [-0.2, 0) is 5.41 Å². The first kappa shape index (κ1) is 31.6. The summed E-state index contributed by atoms with van der Waals surface area (Å²) in [5.74, 6) is 0. The van der Waals surface area contributed by atoms with Crippen molar-refractivity contribution in [1.82, 2.24) is 0 Å². The normalized spacial score (nSPS) is 13.1. The second kappa shape index (κ2) is 12.1. The molecule has 0 amide bonds. The predicted octanol–water partition coefficient (Wildman–Crippen LogP) is 15.0.